The lowest BCUT2D eigenvalue weighted by Crippen LogP contribution is -1.82. The van der Waals surface area contributed by atoms with Crippen LogP contribution in [-0.4, -0.2) is 15.2 Å². The van der Waals surface area contributed by atoms with Crippen LogP contribution in [0.4, 0.5) is 0 Å². The van der Waals surface area contributed by atoms with Crippen LogP contribution < -0.4 is 0 Å². The molecule has 9 heavy (non-hydrogen) atoms. The molecule has 0 spiro atoms. The van der Waals surface area contributed by atoms with Gasteiger partial charge in [0.25, 0.3) is 0 Å². The van der Waals surface area contributed by atoms with Gasteiger partial charge < -0.3 is 0 Å². The molecular formula is C4H5ClN4. The molecule has 1 aromatic heterocycles. The molecular weight excluding hydrogens is 140 g/mol. The fourth-order valence-electron chi connectivity index (χ4n) is 0.391. The fraction of sp³-hybridized carbons (Fsp3) is 0.250. The second-order valence-corrected chi connectivity index (χ2v) is 1.27. The lowest BCUT2D eigenvalue weighted by molar-refractivity contribution is 0.995. The topological polar surface area (TPSA) is 65.4 Å². The molecule has 1 heterocycles. The largest absolute Gasteiger partial charge is 0.262 e. The molecule has 4 nitrogen and oxygen atoms in total. The minimum atomic E-state index is 0. The summed E-state index contributed by atoms with van der Waals surface area (Å²) in [6.45, 7) is 0. The van der Waals surface area contributed by atoms with E-state index in [1.54, 1.807) is 0 Å². The number of hydrogen-bond acceptors (Lipinski definition) is 3. The third-order valence-electron chi connectivity index (χ3n) is 0.711. The van der Waals surface area contributed by atoms with Crippen molar-refractivity contribution in [1.82, 2.24) is 15.2 Å². The van der Waals surface area contributed by atoms with Crippen molar-refractivity contribution in [2.24, 2.45) is 0 Å². The third kappa shape index (κ3) is 2.11. The Kier molecular flexibility index (Phi) is 3.40. The van der Waals surface area contributed by atoms with Gasteiger partial charge in [-0.3, -0.25) is 5.10 Å². The van der Waals surface area contributed by atoms with Gasteiger partial charge in [0.15, 0.2) is 0 Å². The molecule has 0 atom stereocenters. The fourth-order valence-corrected chi connectivity index (χ4v) is 0.391. The molecule has 0 aromatic carbocycles. The molecule has 0 aliphatic carbocycles. The van der Waals surface area contributed by atoms with Gasteiger partial charge in [0, 0.05) is 0 Å². The Hall–Kier alpha value is -1.08. The summed E-state index contributed by atoms with van der Waals surface area (Å²) in [5.41, 5.74) is 0. The Bertz CT molecular complexity index is 187. The summed E-state index contributed by atoms with van der Waals surface area (Å²) in [6, 6.07) is 1.94. The minimum absolute atomic E-state index is 0. The predicted octanol–water partition coefficient (Wildman–Crippen LogP) is 0.293. The van der Waals surface area contributed by atoms with Gasteiger partial charge >= 0.3 is 0 Å². The van der Waals surface area contributed by atoms with Crippen LogP contribution >= 0.6 is 12.4 Å². The van der Waals surface area contributed by atoms with Gasteiger partial charge in [0.05, 0.1) is 12.5 Å². The van der Waals surface area contributed by atoms with Crippen molar-refractivity contribution < 1.29 is 0 Å². The summed E-state index contributed by atoms with van der Waals surface area (Å²) >= 11 is 0. The maximum atomic E-state index is 8.10. The number of H-pyrrole nitrogens is 1. The quantitative estimate of drug-likeness (QED) is 0.616. The number of aromatic amines is 1. The average molecular weight is 145 g/mol. The Morgan fingerprint density at radius 1 is 1.78 bits per heavy atom. The van der Waals surface area contributed by atoms with Gasteiger partial charge in [-0.1, -0.05) is 0 Å². The van der Waals surface area contributed by atoms with E-state index < -0.39 is 0 Å². The first kappa shape index (κ1) is 7.92. The van der Waals surface area contributed by atoms with Gasteiger partial charge in [0.2, 0.25) is 0 Å². The normalized spacial score (nSPS) is 7.44. The number of rotatable bonds is 1. The van der Waals surface area contributed by atoms with Crippen LogP contribution in [-0.2, 0) is 6.42 Å². The second-order valence-electron chi connectivity index (χ2n) is 1.27. The zero-order chi connectivity index (χ0) is 5.82. The van der Waals surface area contributed by atoms with E-state index in [4.69, 9.17) is 5.26 Å². The van der Waals surface area contributed by atoms with Crippen molar-refractivity contribution >= 4 is 12.4 Å². The van der Waals surface area contributed by atoms with Crippen LogP contribution in [0.3, 0.4) is 0 Å². The maximum absolute atomic E-state index is 8.10. The van der Waals surface area contributed by atoms with Crippen LogP contribution in [0.15, 0.2) is 6.33 Å². The molecule has 0 aliphatic heterocycles. The summed E-state index contributed by atoms with van der Waals surface area (Å²) in [5, 5.41) is 14.2. The summed E-state index contributed by atoms with van der Waals surface area (Å²) in [6.07, 6.45) is 1.69. The summed E-state index contributed by atoms with van der Waals surface area (Å²) in [4.78, 5) is 3.72. The van der Waals surface area contributed by atoms with Crippen LogP contribution in [0.1, 0.15) is 5.82 Å². The van der Waals surface area contributed by atoms with Crippen LogP contribution in [0, 0.1) is 11.3 Å². The van der Waals surface area contributed by atoms with Gasteiger partial charge in [-0.15, -0.1) is 12.4 Å². The molecule has 1 N–H and O–H groups in total. The highest BCUT2D eigenvalue weighted by atomic mass is 35.5. The van der Waals surface area contributed by atoms with E-state index in [0.29, 0.717) is 12.2 Å². The Morgan fingerprint density at radius 2 is 2.56 bits per heavy atom. The lowest BCUT2D eigenvalue weighted by Gasteiger charge is -1.75. The first-order valence-electron chi connectivity index (χ1n) is 2.14. The number of aromatic nitrogens is 3. The van der Waals surface area contributed by atoms with Gasteiger partial charge in [-0.2, -0.15) is 10.4 Å². The van der Waals surface area contributed by atoms with E-state index in [1.165, 1.54) is 6.33 Å². The average Bonchev–Trinajstić information content (AvgIpc) is 2.19. The van der Waals surface area contributed by atoms with Crippen LogP contribution in [0.25, 0.3) is 0 Å². The molecule has 0 saturated heterocycles. The van der Waals surface area contributed by atoms with E-state index in [-0.39, 0.29) is 12.4 Å². The number of halogens is 1. The van der Waals surface area contributed by atoms with Gasteiger partial charge in [-0.25, -0.2) is 4.98 Å². The van der Waals surface area contributed by atoms with Crippen LogP contribution in [0.5, 0.6) is 0 Å². The number of nitriles is 1. The first-order valence-corrected chi connectivity index (χ1v) is 2.14. The smallest absolute Gasteiger partial charge is 0.138 e. The SMILES string of the molecule is Cl.N#CCc1ncn[nH]1. The maximum Gasteiger partial charge on any atom is 0.138 e. The summed E-state index contributed by atoms with van der Waals surface area (Å²) in [5.74, 6) is 0.618. The Balaban J connectivity index is 0.000000640. The highest BCUT2D eigenvalue weighted by molar-refractivity contribution is 5.85. The highest BCUT2D eigenvalue weighted by Gasteiger charge is 1.88. The number of hydrogen-bond donors (Lipinski definition) is 1. The molecule has 0 saturated carbocycles. The number of nitrogens with zero attached hydrogens (tertiary/aromatic N) is 3. The van der Waals surface area contributed by atoms with E-state index in [9.17, 15) is 0 Å². The third-order valence-corrected chi connectivity index (χ3v) is 0.711. The molecule has 0 aliphatic rings. The van der Waals surface area contributed by atoms with E-state index in [2.05, 4.69) is 15.2 Å². The van der Waals surface area contributed by atoms with Gasteiger partial charge in [-0.05, 0) is 0 Å². The van der Waals surface area contributed by atoms with Crippen molar-refractivity contribution in [3.8, 4) is 6.07 Å². The molecule has 48 valence electrons. The number of nitrogens with one attached hydrogen (secondary N) is 1. The van der Waals surface area contributed by atoms with Crippen molar-refractivity contribution in [3.63, 3.8) is 0 Å². The van der Waals surface area contributed by atoms with Crippen molar-refractivity contribution in [1.29, 1.82) is 5.26 Å². The molecule has 0 fully saturated rings. The van der Waals surface area contributed by atoms with Crippen LogP contribution in [0.2, 0.25) is 0 Å². The first-order chi connectivity index (χ1) is 3.93. The van der Waals surface area contributed by atoms with E-state index in [0.717, 1.165) is 0 Å². The highest BCUT2D eigenvalue weighted by Crippen LogP contribution is 1.82. The molecule has 0 bridgehead atoms. The molecule has 1 rings (SSSR count). The van der Waals surface area contributed by atoms with Crippen molar-refractivity contribution in [2.45, 2.75) is 6.42 Å². The standard InChI is InChI=1S/C4H4N4.ClH/c5-2-1-4-6-3-7-8-4;/h3H,1H2,(H,6,7,8);1H. The minimum Gasteiger partial charge on any atom is -0.262 e. The second kappa shape index (κ2) is 3.87. The lowest BCUT2D eigenvalue weighted by atomic mass is 10.5. The Morgan fingerprint density at radius 3 is 3.00 bits per heavy atom. The summed E-state index contributed by atoms with van der Waals surface area (Å²) < 4.78 is 0. The molecule has 1 aromatic rings. The molecule has 0 unspecified atom stereocenters. The van der Waals surface area contributed by atoms with Gasteiger partial charge in [0.1, 0.15) is 12.2 Å². The zero-order valence-electron chi connectivity index (χ0n) is 4.53. The van der Waals surface area contributed by atoms with Crippen molar-refractivity contribution in [3.05, 3.63) is 12.2 Å². The molecule has 5 heteroatoms. The van der Waals surface area contributed by atoms with Crippen molar-refractivity contribution in [2.75, 3.05) is 0 Å². The Labute approximate surface area is 58.3 Å². The molecule has 0 radical (unpaired) electrons. The van der Waals surface area contributed by atoms with E-state index >= 15 is 0 Å². The monoisotopic (exact) mass is 144 g/mol. The molecule has 0 amide bonds. The summed E-state index contributed by atoms with van der Waals surface area (Å²) in [7, 11) is 0. The zero-order valence-corrected chi connectivity index (χ0v) is 5.35. The van der Waals surface area contributed by atoms with E-state index in [1.807, 2.05) is 6.07 Å². The predicted molar refractivity (Wildman–Crippen MR) is 32.9 cm³/mol.